The summed E-state index contributed by atoms with van der Waals surface area (Å²) in [5.74, 6) is 0.137. The third-order valence-electron chi connectivity index (χ3n) is 3.40. The average Bonchev–Trinajstić information content (AvgIpc) is 2.59. The highest BCUT2D eigenvalue weighted by molar-refractivity contribution is 6.30. The van der Waals surface area contributed by atoms with E-state index in [0.717, 1.165) is 5.56 Å². The van der Waals surface area contributed by atoms with E-state index in [2.05, 4.69) is 15.6 Å². The molecule has 1 unspecified atom stereocenters. The number of halogens is 2. The number of hydrogen-bond donors (Lipinski definition) is 3. The minimum Gasteiger partial charge on any atom is -0.386 e. The summed E-state index contributed by atoms with van der Waals surface area (Å²) in [6, 6.07) is 13.6. The second kappa shape index (κ2) is 9.25. The van der Waals surface area contributed by atoms with Crippen LogP contribution in [0.25, 0.3) is 0 Å². The van der Waals surface area contributed by atoms with Crippen molar-refractivity contribution in [2.45, 2.75) is 19.6 Å². The van der Waals surface area contributed by atoms with Gasteiger partial charge in [0.1, 0.15) is 5.82 Å². The van der Waals surface area contributed by atoms with Crippen molar-refractivity contribution < 1.29 is 9.50 Å². The lowest BCUT2D eigenvalue weighted by Gasteiger charge is -2.16. The lowest BCUT2D eigenvalue weighted by molar-refractivity contribution is 0.176. The van der Waals surface area contributed by atoms with Crippen molar-refractivity contribution >= 4 is 17.6 Å². The quantitative estimate of drug-likeness (QED) is 0.554. The molecule has 0 amide bonds. The van der Waals surface area contributed by atoms with E-state index in [-0.39, 0.29) is 12.1 Å². The molecular weight excluding hydrogens is 329 g/mol. The average molecular weight is 350 g/mol. The lowest BCUT2D eigenvalue weighted by Crippen LogP contribution is -2.39. The predicted molar refractivity (Wildman–Crippen MR) is 95.6 cm³/mol. The fourth-order valence-corrected chi connectivity index (χ4v) is 2.28. The van der Waals surface area contributed by atoms with E-state index in [0.29, 0.717) is 24.1 Å². The first kappa shape index (κ1) is 18.2. The summed E-state index contributed by atoms with van der Waals surface area (Å²) < 4.78 is 13.7. The first-order valence-electron chi connectivity index (χ1n) is 7.79. The maximum absolute atomic E-state index is 13.7. The van der Waals surface area contributed by atoms with Gasteiger partial charge in [-0.3, -0.25) is 0 Å². The summed E-state index contributed by atoms with van der Waals surface area (Å²) in [7, 11) is 0. The van der Waals surface area contributed by atoms with Gasteiger partial charge in [-0.05, 0) is 30.7 Å². The van der Waals surface area contributed by atoms with Crippen LogP contribution in [0.5, 0.6) is 0 Å². The van der Waals surface area contributed by atoms with Crippen LogP contribution in [0.1, 0.15) is 24.2 Å². The summed E-state index contributed by atoms with van der Waals surface area (Å²) in [5, 5.41) is 16.9. The molecule has 4 nitrogen and oxygen atoms in total. The second-order valence-electron chi connectivity index (χ2n) is 5.24. The summed E-state index contributed by atoms with van der Waals surface area (Å²) in [6.07, 6.45) is -0.953. The van der Waals surface area contributed by atoms with Crippen LogP contribution < -0.4 is 10.6 Å². The van der Waals surface area contributed by atoms with Gasteiger partial charge in [-0.2, -0.15) is 0 Å². The molecule has 24 heavy (non-hydrogen) atoms. The number of nitrogens with one attached hydrogen (secondary N) is 2. The molecular formula is C18H21ClFN3O. The highest BCUT2D eigenvalue weighted by Gasteiger charge is 2.12. The van der Waals surface area contributed by atoms with Gasteiger partial charge in [0.25, 0.3) is 0 Å². The van der Waals surface area contributed by atoms with Gasteiger partial charge in [0.15, 0.2) is 5.96 Å². The van der Waals surface area contributed by atoms with E-state index < -0.39 is 11.9 Å². The van der Waals surface area contributed by atoms with Gasteiger partial charge in [0.05, 0.1) is 12.6 Å². The Labute approximate surface area is 146 Å². The van der Waals surface area contributed by atoms with Gasteiger partial charge >= 0.3 is 0 Å². The maximum atomic E-state index is 13.7. The van der Waals surface area contributed by atoms with Crippen LogP contribution in [-0.2, 0) is 6.54 Å². The molecule has 0 radical (unpaired) electrons. The van der Waals surface area contributed by atoms with Gasteiger partial charge in [0.2, 0.25) is 0 Å². The van der Waals surface area contributed by atoms with Crippen molar-refractivity contribution in [2.75, 3.05) is 13.1 Å². The molecule has 0 spiro atoms. The van der Waals surface area contributed by atoms with Crippen molar-refractivity contribution in [1.82, 2.24) is 10.6 Å². The minimum atomic E-state index is -0.953. The molecule has 2 rings (SSSR count). The molecule has 0 aliphatic heterocycles. The van der Waals surface area contributed by atoms with Crippen LogP contribution >= 0.6 is 11.6 Å². The van der Waals surface area contributed by atoms with Crippen LogP contribution in [0, 0.1) is 5.82 Å². The second-order valence-corrected chi connectivity index (χ2v) is 5.68. The zero-order valence-corrected chi connectivity index (χ0v) is 14.2. The Morgan fingerprint density at radius 1 is 1.17 bits per heavy atom. The highest BCUT2D eigenvalue weighted by atomic mass is 35.5. The van der Waals surface area contributed by atoms with Gasteiger partial charge in [-0.25, -0.2) is 9.38 Å². The predicted octanol–water partition coefficient (Wildman–Crippen LogP) is 3.27. The van der Waals surface area contributed by atoms with Crippen molar-refractivity contribution in [3.05, 3.63) is 70.5 Å². The smallest absolute Gasteiger partial charge is 0.191 e. The monoisotopic (exact) mass is 349 g/mol. The molecule has 1 atom stereocenters. The van der Waals surface area contributed by atoms with E-state index in [4.69, 9.17) is 11.6 Å². The highest BCUT2D eigenvalue weighted by Crippen LogP contribution is 2.15. The van der Waals surface area contributed by atoms with Gasteiger partial charge < -0.3 is 15.7 Å². The molecule has 3 N–H and O–H groups in total. The number of aliphatic hydroxyl groups excluding tert-OH is 1. The van der Waals surface area contributed by atoms with Gasteiger partial charge in [-0.1, -0.05) is 41.9 Å². The zero-order chi connectivity index (χ0) is 17.4. The summed E-state index contributed by atoms with van der Waals surface area (Å²) in [6.45, 7) is 3.27. The number of aliphatic imine (C=N–C) groups is 1. The molecule has 2 aromatic rings. The molecule has 0 heterocycles. The van der Waals surface area contributed by atoms with Crippen LogP contribution in [-0.4, -0.2) is 24.2 Å². The number of nitrogens with zero attached hydrogens (tertiary/aromatic N) is 1. The number of guanidine groups is 1. The summed E-state index contributed by atoms with van der Waals surface area (Å²) >= 11 is 5.86. The standard InChI is InChI=1S/C18H21ClFN3O/c1-2-21-18(22-11-13-7-9-14(19)10-8-13)23-12-17(24)15-5-3-4-6-16(15)20/h3-10,17,24H,2,11-12H2,1H3,(H2,21,22,23). The Morgan fingerprint density at radius 3 is 2.54 bits per heavy atom. The number of hydrogen-bond acceptors (Lipinski definition) is 2. The summed E-state index contributed by atoms with van der Waals surface area (Å²) in [5.41, 5.74) is 1.28. The Kier molecular flexibility index (Phi) is 7.03. The van der Waals surface area contributed by atoms with E-state index in [1.807, 2.05) is 31.2 Å². The van der Waals surface area contributed by atoms with E-state index in [1.165, 1.54) is 6.07 Å². The van der Waals surface area contributed by atoms with Gasteiger partial charge in [-0.15, -0.1) is 0 Å². The SMILES string of the molecule is CCNC(=NCc1ccc(Cl)cc1)NCC(O)c1ccccc1F. The number of aliphatic hydroxyl groups is 1. The zero-order valence-electron chi connectivity index (χ0n) is 13.5. The fraction of sp³-hybridized carbons (Fsp3) is 0.278. The molecule has 0 saturated carbocycles. The third-order valence-corrected chi connectivity index (χ3v) is 3.66. The molecule has 0 aliphatic rings. The number of rotatable bonds is 6. The molecule has 0 bridgehead atoms. The molecule has 0 fully saturated rings. The van der Waals surface area contributed by atoms with Crippen molar-refractivity contribution in [3.63, 3.8) is 0 Å². The molecule has 0 aliphatic carbocycles. The maximum Gasteiger partial charge on any atom is 0.191 e. The first-order valence-corrected chi connectivity index (χ1v) is 8.17. The molecule has 128 valence electrons. The van der Waals surface area contributed by atoms with E-state index >= 15 is 0 Å². The Morgan fingerprint density at radius 2 is 1.88 bits per heavy atom. The Bertz CT molecular complexity index is 676. The van der Waals surface area contributed by atoms with E-state index in [1.54, 1.807) is 18.2 Å². The molecule has 0 aromatic heterocycles. The largest absolute Gasteiger partial charge is 0.386 e. The topological polar surface area (TPSA) is 56.7 Å². The molecule has 6 heteroatoms. The van der Waals surface area contributed by atoms with Crippen molar-refractivity contribution in [3.8, 4) is 0 Å². The normalized spacial score (nSPS) is 12.8. The van der Waals surface area contributed by atoms with Crippen LogP contribution in [0.15, 0.2) is 53.5 Å². The fourth-order valence-electron chi connectivity index (χ4n) is 2.15. The summed E-state index contributed by atoms with van der Waals surface area (Å²) in [4.78, 5) is 4.45. The number of benzene rings is 2. The minimum absolute atomic E-state index is 0.160. The van der Waals surface area contributed by atoms with Crippen LogP contribution in [0.3, 0.4) is 0 Å². The van der Waals surface area contributed by atoms with E-state index in [9.17, 15) is 9.50 Å². The van der Waals surface area contributed by atoms with Crippen molar-refractivity contribution in [2.24, 2.45) is 4.99 Å². The molecule has 2 aromatic carbocycles. The lowest BCUT2D eigenvalue weighted by atomic mass is 10.1. The Hall–Kier alpha value is -2.11. The van der Waals surface area contributed by atoms with Crippen molar-refractivity contribution in [1.29, 1.82) is 0 Å². The van der Waals surface area contributed by atoms with Crippen LogP contribution in [0.4, 0.5) is 4.39 Å². The molecule has 0 saturated heterocycles. The van der Waals surface area contributed by atoms with Crippen LogP contribution in [0.2, 0.25) is 5.02 Å². The third kappa shape index (κ3) is 5.51. The Balaban J connectivity index is 1.96. The first-order chi connectivity index (χ1) is 11.6. The van der Waals surface area contributed by atoms with Gasteiger partial charge in [0, 0.05) is 23.7 Å².